The van der Waals surface area contributed by atoms with E-state index in [1.807, 2.05) is 35.8 Å². The zero-order valence-corrected chi connectivity index (χ0v) is 14.2. The Kier molecular flexibility index (Phi) is 4.71. The molecule has 0 bridgehead atoms. The van der Waals surface area contributed by atoms with Gasteiger partial charge >= 0.3 is 5.97 Å². The van der Waals surface area contributed by atoms with Crippen LogP contribution < -0.4 is 4.74 Å². The Bertz CT molecular complexity index is 858. The van der Waals surface area contributed by atoms with Crippen molar-refractivity contribution in [1.29, 1.82) is 0 Å². The molecule has 0 spiro atoms. The lowest BCUT2D eigenvalue weighted by Crippen LogP contribution is -2.17. The average molecular weight is 345 g/mol. The summed E-state index contributed by atoms with van der Waals surface area (Å²) in [6.45, 7) is 1.98. The van der Waals surface area contributed by atoms with Crippen molar-refractivity contribution in [3.63, 3.8) is 0 Å². The van der Waals surface area contributed by atoms with E-state index in [2.05, 4.69) is 4.98 Å². The SMILES string of the molecule is COC(=O)Cn1c(C(C)Oc2ccc(Cl)cc2)nc2ccccc21. The molecular formula is C18H17ClN2O3. The molecule has 3 aromatic rings. The third-order valence-corrected chi connectivity index (χ3v) is 3.94. The highest BCUT2D eigenvalue weighted by atomic mass is 35.5. The molecule has 0 saturated carbocycles. The first-order valence-electron chi connectivity index (χ1n) is 7.52. The van der Waals surface area contributed by atoms with Gasteiger partial charge in [-0.15, -0.1) is 0 Å². The number of ether oxygens (including phenoxy) is 2. The summed E-state index contributed by atoms with van der Waals surface area (Å²) in [5.41, 5.74) is 1.67. The summed E-state index contributed by atoms with van der Waals surface area (Å²) < 4.78 is 12.6. The Morgan fingerprint density at radius 2 is 1.92 bits per heavy atom. The number of para-hydroxylation sites is 2. The minimum absolute atomic E-state index is 0.0840. The van der Waals surface area contributed by atoms with Gasteiger partial charge in [-0.1, -0.05) is 23.7 Å². The molecule has 5 nitrogen and oxygen atoms in total. The molecule has 0 saturated heterocycles. The summed E-state index contributed by atoms with van der Waals surface area (Å²) >= 11 is 5.89. The number of esters is 1. The summed E-state index contributed by atoms with van der Waals surface area (Å²) in [5.74, 6) is 1.01. The number of halogens is 1. The minimum atomic E-state index is -0.344. The zero-order chi connectivity index (χ0) is 17.1. The third kappa shape index (κ3) is 3.36. The van der Waals surface area contributed by atoms with Crippen LogP contribution in [0.5, 0.6) is 5.75 Å². The molecule has 124 valence electrons. The molecule has 0 aliphatic carbocycles. The molecule has 0 aliphatic rings. The van der Waals surface area contributed by atoms with Gasteiger partial charge in [0.05, 0.1) is 18.1 Å². The predicted molar refractivity (Wildman–Crippen MR) is 92.2 cm³/mol. The van der Waals surface area contributed by atoms with Crippen molar-refractivity contribution in [2.45, 2.75) is 19.6 Å². The lowest BCUT2D eigenvalue weighted by Gasteiger charge is -2.16. The second-order valence-electron chi connectivity index (χ2n) is 5.33. The first-order chi connectivity index (χ1) is 11.6. The third-order valence-electron chi connectivity index (χ3n) is 3.69. The number of benzene rings is 2. The molecule has 1 unspecified atom stereocenters. The molecule has 2 aromatic carbocycles. The number of hydrogen-bond donors (Lipinski definition) is 0. The molecule has 3 rings (SSSR count). The van der Waals surface area contributed by atoms with Gasteiger partial charge in [0.25, 0.3) is 0 Å². The number of fused-ring (bicyclic) bond motifs is 1. The average Bonchev–Trinajstić information content (AvgIpc) is 2.95. The van der Waals surface area contributed by atoms with Crippen LogP contribution >= 0.6 is 11.6 Å². The maximum absolute atomic E-state index is 11.8. The molecule has 0 N–H and O–H groups in total. The first-order valence-corrected chi connectivity index (χ1v) is 7.90. The van der Waals surface area contributed by atoms with Crippen molar-refractivity contribution in [1.82, 2.24) is 9.55 Å². The Hall–Kier alpha value is -2.53. The van der Waals surface area contributed by atoms with E-state index in [0.717, 1.165) is 11.0 Å². The lowest BCUT2D eigenvalue weighted by molar-refractivity contribution is -0.141. The summed E-state index contributed by atoms with van der Waals surface area (Å²) in [5, 5.41) is 0.646. The van der Waals surface area contributed by atoms with Crippen LogP contribution in [0.4, 0.5) is 0 Å². The van der Waals surface area contributed by atoms with E-state index in [0.29, 0.717) is 16.6 Å². The second kappa shape index (κ2) is 6.93. The molecule has 1 atom stereocenters. The standard InChI is InChI=1S/C18H17ClN2O3/c1-12(24-14-9-7-13(19)8-10-14)18-20-15-5-3-4-6-16(15)21(18)11-17(22)23-2/h3-10,12H,11H2,1-2H3. The van der Waals surface area contributed by atoms with Gasteiger partial charge in [0.2, 0.25) is 0 Å². The molecular weight excluding hydrogens is 328 g/mol. The van der Waals surface area contributed by atoms with Crippen LogP contribution in [0.1, 0.15) is 18.9 Å². The Balaban J connectivity index is 1.95. The van der Waals surface area contributed by atoms with Crippen LogP contribution in [0.15, 0.2) is 48.5 Å². The van der Waals surface area contributed by atoms with E-state index in [-0.39, 0.29) is 18.6 Å². The highest BCUT2D eigenvalue weighted by Gasteiger charge is 2.20. The molecule has 24 heavy (non-hydrogen) atoms. The summed E-state index contributed by atoms with van der Waals surface area (Å²) in [6, 6.07) is 14.8. The molecule has 0 fully saturated rings. The molecule has 0 amide bonds. The van der Waals surface area contributed by atoms with E-state index >= 15 is 0 Å². The minimum Gasteiger partial charge on any atom is -0.483 e. The monoisotopic (exact) mass is 344 g/mol. The van der Waals surface area contributed by atoms with Crippen molar-refractivity contribution >= 4 is 28.6 Å². The number of imidazole rings is 1. The summed E-state index contributed by atoms with van der Waals surface area (Å²) in [4.78, 5) is 16.4. The van der Waals surface area contributed by atoms with E-state index in [4.69, 9.17) is 21.1 Å². The van der Waals surface area contributed by atoms with E-state index in [9.17, 15) is 4.79 Å². The van der Waals surface area contributed by atoms with Gasteiger partial charge in [-0.2, -0.15) is 0 Å². The number of nitrogens with zero attached hydrogens (tertiary/aromatic N) is 2. The topological polar surface area (TPSA) is 53.4 Å². The van der Waals surface area contributed by atoms with E-state index < -0.39 is 0 Å². The van der Waals surface area contributed by atoms with Crippen molar-refractivity contribution < 1.29 is 14.3 Å². The molecule has 6 heteroatoms. The molecule has 0 aliphatic heterocycles. The van der Waals surface area contributed by atoms with Gasteiger partial charge in [-0.25, -0.2) is 4.98 Å². The normalized spacial score (nSPS) is 12.1. The van der Waals surface area contributed by atoms with Gasteiger partial charge in [0, 0.05) is 5.02 Å². The number of carbonyl (C=O) groups excluding carboxylic acids is 1. The lowest BCUT2D eigenvalue weighted by atomic mass is 10.3. The summed E-state index contributed by atoms with van der Waals surface area (Å²) in [6.07, 6.45) is -0.344. The van der Waals surface area contributed by atoms with Crippen LogP contribution in [-0.2, 0) is 16.1 Å². The largest absolute Gasteiger partial charge is 0.483 e. The smallest absolute Gasteiger partial charge is 0.325 e. The van der Waals surface area contributed by atoms with Crippen LogP contribution in [-0.4, -0.2) is 22.6 Å². The summed E-state index contributed by atoms with van der Waals surface area (Å²) in [7, 11) is 1.37. The molecule has 1 heterocycles. The quantitative estimate of drug-likeness (QED) is 0.656. The van der Waals surface area contributed by atoms with Crippen molar-refractivity contribution in [3.8, 4) is 5.75 Å². The van der Waals surface area contributed by atoms with Crippen LogP contribution in [0.2, 0.25) is 5.02 Å². The molecule has 1 aromatic heterocycles. The van der Waals surface area contributed by atoms with Gasteiger partial charge in [-0.3, -0.25) is 4.79 Å². The maximum atomic E-state index is 11.8. The fraction of sp³-hybridized carbons (Fsp3) is 0.222. The van der Waals surface area contributed by atoms with Crippen LogP contribution in [0, 0.1) is 0 Å². The van der Waals surface area contributed by atoms with E-state index in [1.54, 1.807) is 24.3 Å². The predicted octanol–water partition coefficient (Wildman–Crippen LogP) is 4.00. The van der Waals surface area contributed by atoms with Crippen molar-refractivity contribution in [2.75, 3.05) is 7.11 Å². The molecule has 0 radical (unpaired) electrons. The highest BCUT2D eigenvalue weighted by molar-refractivity contribution is 6.30. The maximum Gasteiger partial charge on any atom is 0.325 e. The van der Waals surface area contributed by atoms with Crippen LogP contribution in [0.3, 0.4) is 0 Å². The zero-order valence-electron chi connectivity index (χ0n) is 13.4. The number of aromatic nitrogens is 2. The number of hydrogen-bond acceptors (Lipinski definition) is 4. The van der Waals surface area contributed by atoms with Crippen molar-refractivity contribution in [3.05, 3.63) is 59.4 Å². The Morgan fingerprint density at radius 1 is 1.21 bits per heavy atom. The van der Waals surface area contributed by atoms with Gasteiger partial charge in [0.1, 0.15) is 12.3 Å². The fourth-order valence-electron chi connectivity index (χ4n) is 2.53. The second-order valence-corrected chi connectivity index (χ2v) is 5.77. The van der Waals surface area contributed by atoms with Gasteiger partial charge < -0.3 is 14.0 Å². The fourth-order valence-corrected chi connectivity index (χ4v) is 2.66. The Labute approximate surface area is 144 Å². The van der Waals surface area contributed by atoms with Gasteiger partial charge in [-0.05, 0) is 43.3 Å². The number of methoxy groups -OCH3 is 1. The van der Waals surface area contributed by atoms with Crippen LogP contribution in [0.25, 0.3) is 11.0 Å². The Morgan fingerprint density at radius 3 is 2.62 bits per heavy atom. The number of rotatable bonds is 5. The van der Waals surface area contributed by atoms with Crippen molar-refractivity contribution in [2.24, 2.45) is 0 Å². The van der Waals surface area contributed by atoms with E-state index in [1.165, 1.54) is 7.11 Å². The van der Waals surface area contributed by atoms with Gasteiger partial charge in [0.15, 0.2) is 11.9 Å². The first kappa shape index (κ1) is 16.3. The number of carbonyl (C=O) groups is 1. The highest BCUT2D eigenvalue weighted by Crippen LogP contribution is 2.26.